The summed E-state index contributed by atoms with van der Waals surface area (Å²) in [6, 6.07) is 15.6. The first-order valence-corrected chi connectivity index (χ1v) is 10.6. The lowest BCUT2D eigenvalue weighted by atomic mass is 10.2. The second kappa shape index (κ2) is 9.06. The van der Waals surface area contributed by atoms with E-state index in [2.05, 4.69) is 0 Å². The van der Waals surface area contributed by atoms with Crippen LogP contribution >= 0.6 is 0 Å². The lowest BCUT2D eigenvalue weighted by molar-refractivity contribution is -0.903. The maximum atomic E-state index is 12.8. The Morgan fingerprint density at radius 2 is 1.79 bits per heavy atom. The summed E-state index contributed by atoms with van der Waals surface area (Å²) in [4.78, 5) is 1.49. The lowest BCUT2D eigenvalue weighted by Crippen LogP contribution is -3.15. The van der Waals surface area contributed by atoms with Crippen LogP contribution in [0.1, 0.15) is 5.56 Å². The Labute approximate surface area is 165 Å². The van der Waals surface area contributed by atoms with Crippen LogP contribution in [0.3, 0.4) is 0 Å². The van der Waals surface area contributed by atoms with Crippen LogP contribution in [0.4, 0.5) is 0 Å². The minimum atomic E-state index is -3.56. The Kier molecular flexibility index (Phi) is 6.52. The van der Waals surface area contributed by atoms with E-state index in [1.165, 1.54) is 21.3 Å². The predicted octanol–water partition coefficient (Wildman–Crippen LogP) is 0.535. The van der Waals surface area contributed by atoms with Crippen LogP contribution < -0.4 is 14.4 Å². The van der Waals surface area contributed by atoms with Crippen LogP contribution in [0.15, 0.2) is 53.4 Å². The first-order valence-electron chi connectivity index (χ1n) is 9.13. The zero-order valence-electron chi connectivity index (χ0n) is 15.8. The number of methoxy groups -OCH3 is 1. The number of hydrogen-bond donors (Lipinski definition) is 1. The molecule has 0 radical (unpaired) electrons. The van der Waals surface area contributed by atoms with Gasteiger partial charge in [0.2, 0.25) is 10.0 Å². The fraction of sp³-hybridized carbons (Fsp3) is 0.350. The highest BCUT2D eigenvalue weighted by atomic mass is 32.2. The molecule has 0 amide bonds. The minimum Gasteiger partial charge on any atom is -0.497 e. The van der Waals surface area contributed by atoms with E-state index in [1.54, 1.807) is 19.2 Å². The first-order chi connectivity index (χ1) is 13.5. The molecule has 0 bridgehead atoms. The van der Waals surface area contributed by atoms with Crippen molar-refractivity contribution >= 4 is 10.0 Å². The third-order valence-corrected chi connectivity index (χ3v) is 6.71. The van der Waals surface area contributed by atoms with Crippen molar-refractivity contribution in [2.75, 3.05) is 46.4 Å². The molecule has 0 aromatic heterocycles. The Hall–Kier alpha value is -2.60. The molecule has 1 fully saturated rings. The largest absolute Gasteiger partial charge is 0.497 e. The summed E-state index contributed by atoms with van der Waals surface area (Å²) in [6.07, 6.45) is 0. The molecular formula is C20H24N3O4S+. The van der Waals surface area contributed by atoms with Gasteiger partial charge in [-0.1, -0.05) is 6.07 Å². The molecule has 0 atom stereocenters. The molecule has 1 heterocycles. The molecule has 148 valence electrons. The Morgan fingerprint density at radius 1 is 1.11 bits per heavy atom. The summed E-state index contributed by atoms with van der Waals surface area (Å²) in [7, 11) is -1.94. The van der Waals surface area contributed by atoms with Gasteiger partial charge in [0.1, 0.15) is 24.7 Å². The zero-order valence-corrected chi connectivity index (χ0v) is 16.6. The fourth-order valence-electron chi connectivity index (χ4n) is 3.15. The van der Waals surface area contributed by atoms with Crippen molar-refractivity contribution < 1.29 is 22.8 Å². The van der Waals surface area contributed by atoms with Gasteiger partial charge in [0.25, 0.3) is 0 Å². The molecular weight excluding hydrogens is 378 g/mol. The van der Waals surface area contributed by atoms with Crippen LogP contribution in [0.25, 0.3) is 0 Å². The van der Waals surface area contributed by atoms with E-state index < -0.39 is 10.0 Å². The van der Waals surface area contributed by atoms with Crippen molar-refractivity contribution in [3.05, 3.63) is 54.1 Å². The topological polar surface area (TPSA) is 84.1 Å². The van der Waals surface area contributed by atoms with E-state index in [1.807, 2.05) is 30.3 Å². The third kappa shape index (κ3) is 4.81. The highest BCUT2D eigenvalue weighted by Gasteiger charge is 2.30. The SMILES string of the molecule is COc1ccc(OCC[NH+]2CCN(S(=O)(=O)c3cccc(C#N)c3)CC2)cc1. The number of nitrogens with one attached hydrogen (secondary N) is 1. The molecule has 8 heteroatoms. The Morgan fingerprint density at radius 3 is 2.43 bits per heavy atom. The molecule has 28 heavy (non-hydrogen) atoms. The number of rotatable bonds is 7. The molecule has 2 aromatic rings. The van der Waals surface area contributed by atoms with Gasteiger partial charge in [-0.2, -0.15) is 9.57 Å². The van der Waals surface area contributed by atoms with E-state index in [-0.39, 0.29) is 4.90 Å². The van der Waals surface area contributed by atoms with Gasteiger partial charge in [0.15, 0.2) is 0 Å². The lowest BCUT2D eigenvalue weighted by Gasteiger charge is -2.31. The van der Waals surface area contributed by atoms with Gasteiger partial charge >= 0.3 is 0 Å². The summed E-state index contributed by atoms with van der Waals surface area (Å²) in [5.74, 6) is 1.58. The van der Waals surface area contributed by atoms with Gasteiger partial charge in [-0.3, -0.25) is 0 Å². The highest BCUT2D eigenvalue weighted by molar-refractivity contribution is 7.89. The summed E-state index contributed by atoms with van der Waals surface area (Å²) in [5.41, 5.74) is 0.348. The van der Waals surface area contributed by atoms with Crippen LogP contribution in [0.5, 0.6) is 11.5 Å². The highest BCUT2D eigenvalue weighted by Crippen LogP contribution is 2.17. The standard InChI is InChI=1S/C20H23N3O4S/c1-26-18-5-7-19(8-6-18)27-14-13-22-9-11-23(12-10-22)28(24,25)20-4-2-3-17(15-20)16-21/h2-8,15H,9-14H2,1H3/p+1. The van der Waals surface area contributed by atoms with Crippen LogP contribution in [0.2, 0.25) is 0 Å². The van der Waals surface area contributed by atoms with Gasteiger partial charge in [-0.25, -0.2) is 8.42 Å². The van der Waals surface area contributed by atoms with Crippen molar-refractivity contribution in [3.63, 3.8) is 0 Å². The maximum absolute atomic E-state index is 12.8. The van der Waals surface area contributed by atoms with Crippen molar-refractivity contribution in [2.24, 2.45) is 0 Å². The van der Waals surface area contributed by atoms with E-state index in [4.69, 9.17) is 14.7 Å². The Bertz CT molecular complexity index is 931. The molecule has 3 rings (SSSR count). The first kappa shape index (κ1) is 20.1. The maximum Gasteiger partial charge on any atom is 0.243 e. The molecule has 2 aromatic carbocycles. The number of quaternary nitrogens is 1. The molecule has 0 saturated carbocycles. The third-order valence-electron chi connectivity index (χ3n) is 4.81. The quantitative estimate of drug-likeness (QED) is 0.731. The van der Waals surface area contributed by atoms with Gasteiger partial charge in [-0.15, -0.1) is 0 Å². The molecule has 0 aliphatic carbocycles. The number of nitriles is 1. The van der Waals surface area contributed by atoms with E-state index in [0.29, 0.717) is 25.3 Å². The number of ether oxygens (including phenoxy) is 2. The smallest absolute Gasteiger partial charge is 0.243 e. The average molecular weight is 402 g/mol. The second-order valence-corrected chi connectivity index (χ2v) is 8.51. The molecule has 1 aliphatic heterocycles. The molecule has 0 spiro atoms. The van der Waals surface area contributed by atoms with Crippen molar-refractivity contribution in [1.29, 1.82) is 5.26 Å². The number of hydrogen-bond acceptors (Lipinski definition) is 5. The summed E-state index contributed by atoms with van der Waals surface area (Å²) < 4.78 is 37.9. The average Bonchev–Trinajstić information content (AvgIpc) is 2.74. The molecule has 1 saturated heterocycles. The zero-order chi connectivity index (χ0) is 20.0. The molecule has 0 unspecified atom stereocenters. The van der Waals surface area contributed by atoms with Gasteiger partial charge in [0.05, 0.1) is 49.8 Å². The summed E-state index contributed by atoms with van der Waals surface area (Å²) in [5, 5.41) is 8.98. The Balaban J connectivity index is 1.49. The van der Waals surface area contributed by atoms with E-state index >= 15 is 0 Å². The van der Waals surface area contributed by atoms with Crippen molar-refractivity contribution in [2.45, 2.75) is 4.90 Å². The van der Waals surface area contributed by atoms with Crippen molar-refractivity contribution in [1.82, 2.24) is 4.31 Å². The van der Waals surface area contributed by atoms with Gasteiger partial charge in [-0.05, 0) is 42.5 Å². The number of sulfonamides is 1. The van der Waals surface area contributed by atoms with Crippen LogP contribution in [0, 0.1) is 11.3 Å². The number of benzene rings is 2. The van der Waals surface area contributed by atoms with E-state index in [9.17, 15) is 8.42 Å². The van der Waals surface area contributed by atoms with Crippen LogP contribution in [-0.2, 0) is 10.0 Å². The molecule has 1 N–H and O–H groups in total. The second-order valence-electron chi connectivity index (χ2n) is 6.57. The number of nitrogens with zero attached hydrogens (tertiary/aromatic N) is 2. The van der Waals surface area contributed by atoms with Crippen LogP contribution in [-0.4, -0.2) is 59.2 Å². The minimum absolute atomic E-state index is 0.179. The monoisotopic (exact) mass is 402 g/mol. The molecule has 7 nitrogen and oxygen atoms in total. The fourth-order valence-corrected chi connectivity index (χ4v) is 4.64. The van der Waals surface area contributed by atoms with E-state index in [0.717, 1.165) is 31.1 Å². The van der Waals surface area contributed by atoms with Gasteiger partial charge < -0.3 is 14.4 Å². The van der Waals surface area contributed by atoms with Crippen molar-refractivity contribution in [3.8, 4) is 17.6 Å². The summed E-state index contributed by atoms with van der Waals surface area (Å²) in [6.45, 7) is 3.74. The normalized spacial score (nSPS) is 15.7. The van der Waals surface area contributed by atoms with Gasteiger partial charge in [0, 0.05) is 0 Å². The summed E-state index contributed by atoms with van der Waals surface area (Å²) >= 11 is 0. The number of piperazine rings is 1. The molecule has 1 aliphatic rings. The predicted molar refractivity (Wildman–Crippen MR) is 104 cm³/mol.